The van der Waals surface area contributed by atoms with Crippen molar-refractivity contribution in [2.45, 2.75) is 26.8 Å². The van der Waals surface area contributed by atoms with Crippen LogP contribution in [0.5, 0.6) is 0 Å². The van der Waals surface area contributed by atoms with Gasteiger partial charge in [-0.15, -0.1) is 0 Å². The fourth-order valence-corrected chi connectivity index (χ4v) is 3.07. The first kappa shape index (κ1) is 17.9. The lowest BCUT2D eigenvalue weighted by molar-refractivity contribution is -0.937. The van der Waals surface area contributed by atoms with E-state index < -0.39 is 10.1 Å². The summed E-state index contributed by atoms with van der Waals surface area (Å²) in [4.78, 5) is 0. The Morgan fingerprint density at radius 2 is 1.76 bits per heavy atom. The molecule has 0 amide bonds. The van der Waals surface area contributed by atoms with Gasteiger partial charge in [0.2, 0.25) is 0 Å². The van der Waals surface area contributed by atoms with Crippen molar-refractivity contribution in [3.8, 4) is 0 Å². The van der Waals surface area contributed by atoms with Crippen molar-refractivity contribution in [1.82, 2.24) is 0 Å². The van der Waals surface area contributed by atoms with Crippen molar-refractivity contribution in [2.75, 3.05) is 25.4 Å². The van der Waals surface area contributed by atoms with Gasteiger partial charge in [-0.05, 0) is 19.4 Å². The minimum absolute atomic E-state index is 0.164. The van der Waals surface area contributed by atoms with Crippen molar-refractivity contribution in [3.05, 3.63) is 42.0 Å². The Balaban J connectivity index is 2.76. The van der Waals surface area contributed by atoms with E-state index in [1.54, 1.807) is 0 Å². The van der Waals surface area contributed by atoms with Gasteiger partial charge in [0.25, 0.3) is 10.1 Å². The maximum Gasteiger partial charge on any atom is 0.265 e. The molecule has 1 aromatic rings. The van der Waals surface area contributed by atoms with E-state index in [1.165, 1.54) is 5.56 Å². The minimum Gasteiger partial charge on any atom is -0.320 e. The first-order chi connectivity index (χ1) is 9.84. The third-order valence-electron chi connectivity index (χ3n) is 4.11. The summed E-state index contributed by atoms with van der Waals surface area (Å²) in [6, 6.07) is 8.28. The van der Waals surface area contributed by atoms with Crippen LogP contribution in [0.4, 0.5) is 0 Å². The Morgan fingerprint density at radius 1 is 1.19 bits per heavy atom. The number of quaternary nitrogens is 1. The van der Waals surface area contributed by atoms with Gasteiger partial charge in [0.05, 0.1) is 25.4 Å². The van der Waals surface area contributed by atoms with Crippen molar-refractivity contribution in [1.29, 1.82) is 0 Å². The van der Waals surface area contributed by atoms with E-state index >= 15 is 0 Å². The number of hydrogen-bond donors (Lipinski definition) is 1. The van der Waals surface area contributed by atoms with E-state index in [0.29, 0.717) is 6.42 Å². The van der Waals surface area contributed by atoms with Crippen LogP contribution in [0.1, 0.15) is 31.4 Å². The summed E-state index contributed by atoms with van der Waals surface area (Å²) in [5.74, 6) is -0.164. The van der Waals surface area contributed by atoms with E-state index in [4.69, 9.17) is 4.55 Å². The molecule has 0 fully saturated rings. The van der Waals surface area contributed by atoms with Crippen molar-refractivity contribution < 1.29 is 17.5 Å². The standard InChI is InChI=1S/C16H25NO3S/c1-4-15-8-10-16(11-9-15)14-17(5-2,6-3)12-7-13-21(18,19)20/h4,8-11H,1,5-7,12-14H2,2-3H3/p+1. The van der Waals surface area contributed by atoms with Crippen LogP contribution in [0.25, 0.3) is 6.08 Å². The molecule has 21 heavy (non-hydrogen) atoms. The Morgan fingerprint density at radius 3 is 2.19 bits per heavy atom. The molecule has 1 N–H and O–H groups in total. The molecular formula is C16H26NO3S+. The Hall–Kier alpha value is -1.17. The highest BCUT2D eigenvalue weighted by Crippen LogP contribution is 2.17. The lowest BCUT2D eigenvalue weighted by Gasteiger charge is -2.37. The van der Waals surface area contributed by atoms with Gasteiger partial charge in [0, 0.05) is 12.0 Å². The molecule has 118 valence electrons. The first-order valence-electron chi connectivity index (χ1n) is 7.36. The number of nitrogens with zero attached hydrogens (tertiary/aromatic N) is 1. The molecule has 0 saturated heterocycles. The maximum absolute atomic E-state index is 10.9. The Labute approximate surface area is 128 Å². The predicted molar refractivity (Wildman–Crippen MR) is 87.5 cm³/mol. The first-order valence-corrected chi connectivity index (χ1v) is 8.96. The van der Waals surface area contributed by atoms with Crippen LogP contribution in [0.2, 0.25) is 0 Å². The Bertz CT molecular complexity index is 545. The monoisotopic (exact) mass is 312 g/mol. The molecule has 0 heterocycles. The van der Waals surface area contributed by atoms with Crippen molar-refractivity contribution in [2.24, 2.45) is 0 Å². The third kappa shape index (κ3) is 5.99. The summed E-state index contributed by atoms with van der Waals surface area (Å²) >= 11 is 0. The van der Waals surface area contributed by atoms with Crippen LogP contribution in [0.3, 0.4) is 0 Å². The van der Waals surface area contributed by atoms with Gasteiger partial charge in [-0.2, -0.15) is 8.42 Å². The normalized spacial score (nSPS) is 12.3. The highest BCUT2D eigenvalue weighted by atomic mass is 32.2. The van der Waals surface area contributed by atoms with Gasteiger partial charge in [0.15, 0.2) is 0 Å². The average Bonchev–Trinajstić information content (AvgIpc) is 2.45. The van der Waals surface area contributed by atoms with Gasteiger partial charge in [0.1, 0.15) is 6.54 Å². The molecule has 0 aliphatic heterocycles. The van der Waals surface area contributed by atoms with Crippen LogP contribution in [-0.4, -0.2) is 42.8 Å². The van der Waals surface area contributed by atoms with Crippen molar-refractivity contribution in [3.63, 3.8) is 0 Å². The van der Waals surface area contributed by atoms with Gasteiger partial charge >= 0.3 is 0 Å². The molecule has 0 spiro atoms. The van der Waals surface area contributed by atoms with Gasteiger partial charge in [-0.1, -0.05) is 36.9 Å². The fourth-order valence-electron chi connectivity index (χ4n) is 2.57. The van der Waals surface area contributed by atoms with Gasteiger partial charge in [-0.3, -0.25) is 4.55 Å². The maximum atomic E-state index is 10.9. The summed E-state index contributed by atoms with van der Waals surface area (Å²) in [5.41, 5.74) is 2.33. The molecule has 0 aliphatic carbocycles. The zero-order valence-electron chi connectivity index (χ0n) is 13.0. The molecular weight excluding hydrogens is 286 g/mol. The molecule has 0 atom stereocenters. The molecule has 1 aromatic carbocycles. The number of benzene rings is 1. The molecule has 0 aromatic heterocycles. The van der Waals surface area contributed by atoms with Gasteiger partial charge in [-0.25, -0.2) is 0 Å². The molecule has 1 rings (SSSR count). The predicted octanol–water partition coefficient (Wildman–Crippen LogP) is 2.96. The van der Waals surface area contributed by atoms with E-state index in [0.717, 1.165) is 36.2 Å². The summed E-state index contributed by atoms with van der Waals surface area (Å²) in [7, 11) is -3.87. The van der Waals surface area contributed by atoms with Crippen LogP contribution in [-0.2, 0) is 16.7 Å². The zero-order chi connectivity index (χ0) is 15.9. The number of rotatable bonds is 9. The van der Waals surface area contributed by atoms with Crippen LogP contribution in [0, 0.1) is 0 Å². The molecule has 5 heteroatoms. The molecule has 0 unspecified atom stereocenters. The summed E-state index contributed by atoms with van der Waals surface area (Å²) in [6.45, 7) is 11.5. The number of hydrogen-bond acceptors (Lipinski definition) is 2. The van der Waals surface area contributed by atoms with Crippen LogP contribution in [0.15, 0.2) is 30.8 Å². The second-order valence-corrected chi connectivity index (χ2v) is 7.01. The van der Waals surface area contributed by atoms with Crippen LogP contribution >= 0.6 is 0 Å². The zero-order valence-corrected chi connectivity index (χ0v) is 13.8. The van der Waals surface area contributed by atoms with Crippen molar-refractivity contribution >= 4 is 16.2 Å². The summed E-state index contributed by atoms with van der Waals surface area (Å²) < 4.78 is 31.4. The molecule has 0 saturated carbocycles. The lowest BCUT2D eigenvalue weighted by atomic mass is 10.1. The van der Waals surface area contributed by atoms with E-state index in [1.807, 2.05) is 18.2 Å². The van der Waals surface area contributed by atoms with E-state index in [2.05, 4.69) is 32.6 Å². The quantitative estimate of drug-likeness (QED) is 0.563. The average molecular weight is 312 g/mol. The fraction of sp³-hybridized carbons (Fsp3) is 0.500. The highest BCUT2D eigenvalue weighted by molar-refractivity contribution is 7.85. The molecule has 0 bridgehead atoms. The minimum atomic E-state index is -3.87. The molecule has 0 aliphatic rings. The van der Waals surface area contributed by atoms with Crippen LogP contribution < -0.4 is 0 Å². The molecule has 0 radical (unpaired) electrons. The second kappa shape index (κ2) is 7.73. The van der Waals surface area contributed by atoms with E-state index in [-0.39, 0.29) is 5.75 Å². The second-order valence-electron chi connectivity index (χ2n) is 5.44. The smallest absolute Gasteiger partial charge is 0.265 e. The largest absolute Gasteiger partial charge is 0.320 e. The van der Waals surface area contributed by atoms with E-state index in [9.17, 15) is 8.42 Å². The topological polar surface area (TPSA) is 54.4 Å². The lowest BCUT2D eigenvalue weighted by Crippen LogP contribution is -2.48. The van der Waals surface area contributed by atoms with Gasteiger partial charge < -0.3 is 4.48 Å². The summed E-state index contributed by atoms with van der Waals surface area (Å²) in [6.07, 6.45) is 2.29. The third-order valence-corrected chi connectivity index (χ3v) is 4.91. The summed E-state index contributed by atoms with van der Waals surface area (Å²) in [5, 5.41) is 0. The SMILES string of the molecule is C=Cc1ccc(C[N+](CC)(CC)CCCS(=O)(=O)O)cc1. The highest BCUT2D eigenvalue weighted by Gasteiger charge is 2.24. The molecule has 4 nitrogen and oxygen atoms in total. The Kier molecular flexibility index (Phi) is 6.58.